The van der Waals surface area contributed by atoms with E-state index in [-0.39, 0.29) is 23.9 Å². The van der Waals surface area contributed by atoms with E-state index < -0.39 is 31.3 Å². The Bertz CT molecular complexity index is 1080. The molecule has 9 nitrogen and oxygen atoms in total. The normalized spacial score (nSPS) is 20.9. The molecule has 2 heterocycles. The third kappa shape index (κ3) is 6.26. The van der Waals surface area contributed by atoms with Crippen LogP contribution in [0.2, 0.25) is 0 Å². The number of carbonyl (C=O) groups is 1. The molecule has 3 atom stereocenters. The Balaban J connectivity index is 1.78. The van der Waals surface area contributed by atoms with Crippen LogP contribution in [-0.2, 0) is 18.3 Å². The van der Waals surface area contributed by atoms with Gasteiger partial charge in [-0.25, -0.2) is 4.79 Å². The molecule has 33 heavy (non-hydrogen) atoms. The molecule has 1 N–H and O–H groups in total. The third-order valence-corrected chi connectivity index (χ3v) is 7.11. The minimum atomic E-state index is -3.59. The lowest BCUT2D eigenvalue weighted by Crippen LogP contribution is -2.37. The van der Waals surface area contributed by atoms with Crippen LogP contribution >= 0.6 is 7.60 Å². The van der Waals surface area contributed by atoms with Gasteiger partial charge in [0.1, 0.15) is 5.82 Å². The molecular formula is C23H30N3O6P. The lowest BCUT2D eigenvalue weighted by molar-refractivity contribution is 0.00377. The highest BCUT2D eigenvalue weighted by atomic mass is 31.2. The number of anilines is 1. The highest BCUT2D eigenvalue weighted by Gasteiger charge is 2.41. The summed E-state index contributed by atoms with van der Waals surface area (Å²) in [6.45, 7) is 8.88. The van der Waals surface area contributed by atoms with Crippen LogP contribution < -0.4 is 11.0 Å². The second kappa shape index (κ2) is 10.6. The van der Waals surface area contributed by atoms with Crippen LogP contribution in [-0.4, -0.2) is 39.6 Å². The molecule has 3 rings (SSSR count). The molecule has 1 aliphatic rings. The van der Waals surface area contributed by atoms with E-state index in [0.29, 0.717) is 5.56 Å². The first-order valence-electron chi connectivity index (χ1n) is 10.8. The molecule has 0 radical (unpaired) electrons. The fourth-order valence-electron chi connectivity index (χ4n) is 3.43. The Morgan fingerprint density at radius 3 is 2.27 bits per heavy atom. The van der Waals surface area contributed by atoms with Gasteiger partial charge in [0.25, 0.3) is 5.91 Å². The lowest BCUT2D eigenvalue weighted by atomic mass is 10.1. The van der Waals surface area contributed by atoms with Crippen molar-refractivity contribution in [1.82, 2.24) is 9.55 Å². The quantitative estimate of drug-likeness (QED) is 0.446. The third-order valence-electron chi connectivity index (χ3n) is 4.76. The minimum Gasteiger partial charge on any atom is -0.356 e. The molecule has 1 aromatic carbocycles. The number of hydrogen-bond acceptors (Lipinski definition) is 7. The number of hydrogen-bond donors (Lipinski definition) is 1. The van der Waals surface area contributed by atoms with Gasteiger partial charge < -0.3 is 19.1 Å². The number of rotatable bonds is 8. The van der Waals surface area contributed by atoms with Crippen LogP contribution in [0.4, 0.5) is 5.82 Å². The number of ether oxygens (including phenoxy) is 1. The number of carbonyl (C=O) groups excluding carboxylic acids is 1. The largest absolute Gasteiger partial charge is 0.363 e. The Morgan fingerprint density at radius 2 is 1.73 bits per heavy atom. The van der Waals surface area contributed by atoms with Crippen molar-refractivity contribution in [2.45, 2.75) is 64.8 Å². The minimum absolute atomic E-state index is 0.150. The van der Waals surface area contributed by atoms with Crippen LogP contribution in [0.3, 0.4) is 0 Å². The summed E-state index contributed by atoms with van der Waals surface area (Å²) < 4.78 is 32.0. The first-order valence-corrected chi connectivity index (χ1v) is 12.5. The second-order valence-electron chi connectivity index (χ2n) is 8.28. The summed E-state index contributed by atoms with van der Waals surface area (Å²) in [4.78, 5) is 29.0. The Kier molecular flexibility index (Phi) is 8.02. The standard InChI is InChI=1S/C23H30N3O6P/c1-15(2)31-33(29,32-16(3)4)21-12-11-19(17(5)30-21)26-14-13-20(25-23(26)28)24-22(27)18-9-7-6-8-10-18/h6-17,19,21H,1-5H3,(H,24,25,27,28)/t17-,19-,21?/m0/s1. The predicted octanol–water partition coefficient (Wildman–Crippen LogP) is 4.38. The Hall–Kier alpha value is -2.58. The highest BCUT2D eigenvalue weighted by molar-refractivity contribution is 7.54. The SMILES string of the molecule is CC(C)OP(=O)(OC(C)C)C1C=C[C@H](n2ccc(NC(=O)c3ccccc3)nc2=O)[C@H](C)O1. The number of amides is 1. The molecule has 0 spiro atoms. The second-order valence-corrected chi connectivity index (χ2v) is 10.3. The maximum Gasteiger partial charge on any atom is 0.363 e. The molecule has 0 saturated heterocycles. The summed E-state index contributed by atoms with van der Waals surface area (Å²) in [6, 6.07) is 9.72. The van der Waals surface area contributed by atoms with Crippen LogP contribution in [0.1, 0.15) is 51.0 Å². The summed E-state index contributed by atoms with van der Waals surface area (Å²) >= 11 is 0. The van der Waals surface area contributed by atoms with Gasteiger partial charge in [0, 0.05) is 11.8 Å². The molecule has 10 heteroatoms. The lowest BCUT2D eigenvalue weighted by Gasteiger charge is -2.35. The van der Waals surface area contributed by atoms with Crippen molar-refractivity contribution in [2.24, 2.45) is 0 Å². The molecule has 0 aliphatic carbocycles. The predicted molar refractivity (Wildman–Crippen MR) is 125 cm³/mol. The highest BCUT2D eigenvalue weighted by Crippen LogP contribution is 2.57. The smallest absolute Gasteiger partial charge is 0.356 e. The van der Waals surface area contributed by atoms with Gasteiger partial charge in [0.2, 0.25) is 0 Å². The van der Waals surface area contributed by atoms with Crippen molar-refractivity contribution in [3.63, 3.8) is 0 Å². The summed E-state index contributed by atoms with van der Waals surface area (Å²) in [5, 5.41) is 2.62. The molecule has 178 valence electrons. The van der Waals surface area contributed by atoms with Crippen molar-refractivity contribution in [3.8, 4) is 0 Å². The van der Waals surface area contributed by atoms with Crippen molar-refractivity contribution < 1.29 is 23.1 Å². The number of nitrogens with one attached hydrogen (secondary N) is 1. The molecule has 1 aliphatic heterocycles. The van der Waals surface area contributed by atoms with E-state index in [1.807, 2.05) is 6.07 Å². The number of aromatic nitrogens is 2. The Morgan fingerprint density at radius 1 is 1.09 bits per heavy atom. The summed E-state index contributed by atoms with van der Waals surface area (Å²) in [6.07, 6.45) is 3.75. The van der Waals surface area contributed by atoms with E-state index >= 15 is 0 Å². The van der Waals surface area contributed by atoms with E-state index in [1.54, 1.807) is 83.3 Å². The summed E-state index contributed by atoms with van der Waals surface area (Å²) in [5.74, 6) is -1.10. The van der Waals surface area contributed by atoms with Crippen molar-refractivity contribution in [3.05, 3.63) is 70.8 Å². The zero-order chi connectivity index (χ0) is 24.2. The van der Waals surface area contributed by atoms with Crippen LogP contribution in [0.25, 0.3) is 0 Å². The first kappa shape index (κ1) is 25.1. The van der Waals surface area contributed by atoms with E-state index in [4.69, 9.17) is 13.8 Å². The molecule has 0 saturated carbocycles. The molecule has 1 aromatic heterocycles. The topological polar surface area (TPSA) is 109 Å². The maximum atomic E-state index is 13.4. The van der Waals surface area contributed by atoms with Gasteiger partial charge in [0.15, 0.2) is 5.85 Å². The van der Waals surface area contributed by atoms with Gasteiger partial charge in [-0.2, -0.15) is 4.98 Å². The number of benzene rings is 1. The van der Waals surface area contributed by atoms with Crippen LogP contribution in [0.15, 0.2) is 59.5 Å². The maximum absolute atomic E-state index is 13.4. The summed E-state index contributed by atoms with van der Waals surface area (Å²) in [7, 11) is -3.59. The molecule has 0 fully saturated rings. The first-order chi connectivity index (χ1) is 15.6. The van der Waals surface area contributed by atoms with Gasteiger partial charge in [-0.15, -0.1) is 0 Å². The van der Waals surface area contributed by atoms with Crippen molar-refractivity contribution >= 4 is 19.3 Å². The van der Waals surface area contributed by atoms with Gasteiger partial charge >= 0.3 is 13.3 Å². The monoisotopic (exact) mass is 475 g/mol. The zero-order valence-corrected chi connectivity index (χ0v) is 20.3. The molecule has 1 unspecified atom stereocenters. The zero-order valence-electron chi connectivity index (χ0n) is 19.4. The molecular weight excluding hydrogens is 445 g/mol. The van der Waals surface area contributed by atoms with Gasteiger partial charge in [-0.1, -0.05) is 24.3 Å². The van der Waals surface area contributed by atoms with Crippen molar-refractivity contribution in [2.75, 3.05) is 5.32 Å². The van der Waals surface area contributed by atoms with Gasteiger partial charge in [-0.3, -0.25) is 13.9 Å². The van der Waals surface area contributed by atoms with Crippen molar-refractivity contribution in [1.29, 1.82) is 0 Å². The van der Waals surface area contributed by atoms with E-state index in [9.17, 15) is 14.2 Å². The molecule has 0 bridgehead atoms. The Labute approximate surface area is 193 Å². The van der Waals surface area contributed by atoms with E-state index in [0.717, 1.165) is 0 Å². The van der Waals surface area contributed by atoms with Crippen LogP contribution in [0, 0.1) is 0 Å². The fraction of sp³-hybridized carbons (Fsp3) is 0.435. The average Bonchev–Trinajstić information content (AvgIpc) is 2.73. The van der Waals surface area contributed by atoms with E-state index in [1.165, 1.54) is 4.57 Å². The van der Waals surface area contributed by atoms with Gasteiger partial charge in [-0.05, 0) is 58.9 Å². The van der Waals surface area contributed by atoms with Gasteiger partial charge in [0.05, 0.1) is 24.4 Å². The number of nitrogens with zero attached hydrogens (tertiary/aromatic N) is 2. The summed E-state index contributed by atoms with van der Waals surface area (Å²) in [5.41, 5.74) is -0.0899. The van der Waals surface area contributed by atoms with E-state index in [2.05, 4.69) is 10.3 Å². The average molecular weight is 475 g/mol. The molecule has 2 aromatic rings. The van der Waals surface area contributed by atoms with Crippen LogP contribution in [0.5, 0.6) is 0 Å². The fourth-order valence-corrected chi connectivity index (χ4v) is 5.55. The molecule has 1 amide bonds.